The molecular formula is C11H9ClN2O2. The number of hydrogen-bond donors (Lipinski definition) is 0. The van der Waals surface area contributed by atoms with Gasteiger partial charge >= 0.3 is 5.97 Å². The number of aryl methyl sites for hydroxylation is 1. The van der Waals surface area contributed by atoms with Gasteiger partial charge in [-0.15, -0.1) is 0 Å². The summed E-state index contributed by atoms with van der Waals surface area (Å²) in [5.41, 5.74) is 2.37. The van der Waals surface area contributed by atoms with Crippen molar-refractivity contribution in [2.24, 2.45) is 0 Å². The summed E-state index contributed by atoms with van der Waals surface area (Å²) in [6.07, 6.45) is 1.39. The van der Waals surface area contributed by atoms with Crippen molar-refractivity contribution in [1.29, 1.82) is 0 Å². The van der Waals surface area contributed by atoms with Gasteiger partial charge in [-0.2, -0.15) is 0 Å². The summed E-state index contributed by atoms with van der Waals surface area (Å²) in [6.45, 7) is 1.86. The highest BCUT2D eigenvalue weighted by atomic mass is 35.5. The smallest absolute Gasteiger partial charge is 0.358 e. The van der Waals surface area contributed by atoms with Crippen molar-refractivity contribution in [2.75, 3.05) is 7.11 Å². The summed E-state index contributed by atoms with van der Waals surface area (Å²) in [6, 6.07) is 3.46. The normalized spacial score (nSPS) is 10.4. The topological polar surface area (TPSA) is 52.1 Å². The molecule has 0 N–H and O–H groups in total. The van der Waals surface area contributed by atoms with E-state index >= 15 is 0 Å². The molecule has 1 aromatic heterocycles. The predicted octanol–water partition coefficient (Wildman–Crippen LogP) is 2.38. The van der Waals surface area contributed by atoms with Gasteiger partial charge in [-0.3, -0.25) is 4.98 Å². The molecule has 0 spiro atoms. The molecule has 0 saturated heterocycles. The molecule has 0 fully saturated rings. The first-order chi connectivity index (χ1) is 7.63. The van der Waals surface area contributed by atoms with Crippen LogP contribution in [0.5, 0.6) is 0 Å². The molecule has 16 heavy (non-hydrogen) atoms. The monoisotopic (exact) mass is 236 g/mol. The van der Waals surface area contributed by atoms with Gasteiger partial charge in [0.05, 0.1) is 24.3 Å². The molecule has 2 aromatic rings. The second kappa shape index (κ2) is 4.06. The van der Waals surface area contributed by atoms with Gasteiger partial charge in [-0.1, -0.05) is 11.6 Å². The first-order valence-electron chi connectivity index (χ1n) is 4.63. The maximum atomic E-state index is 11.3. The van der Waals surface area contributed by atoms with Crippen LogP contribution >= 0.6 is 11.6 Å². The minimum absolute atomic E-state index is 0.191. The Bertz CT molecular complexity index is 569. The van der Waals surface area contributed by atoms with Gasteiger partial charge in [0, 0.05) is 5.02 Å². The van der Waals surface area contributed by atoms with E-state index in [4.69, 9.17) is 11.6 Å². The van der Waals surface area contributed by atoms with Crippen molar-refractivity contribution in [3.05, 3.63) is 34.6 Å². The Morgan fingerprint density at radius 3 is 2.88 bits per heavy atom. The van der Waals surface area contributed by atoms with Crippen LogP contribution in [0.3, 0.4) is 0 Å². The fourth-order valence-corrected chi connectivity index (χ4v) is 1.55. The van der Waals surface area contributed by atoms with Crippen LogP contribution in [0.4, 0.5) is 0 Å². The molecule has 0 bridgehead atoms. The van der Waals surface area contributed by atoms with Crippen LogP contribution in [0.25, 0.3) is 11.0 Å². The quantitative estimate of drug-likeness (QED) is 0.714. The third-order valence-corrected chi connectivity index (χ3v) is 2.70. The van der Waals surface area contributed by atoms with E-state index in [2.05, 4.69) is 14.7 Å². The zero-order valence-corrected chi connectivity index (χ0v) is 9.58. The Morgan fingerprint density at radius 1 is 1.44 bits per heavy atom. The van der Waals surface area contributed by atoms with Gasteiger partial charge < -0.3 is 4.74 Å². The van der Waals surface area contributed by atoms with Crippen LogP contribution in [-0.4, -0.2) is 23.0 Å². The van der Waals surface area contributed by atoms with E-state index in [-0.39, 0.29) is 5.69 Å². The summed E-state index contributed by atoms with van der Waals surface area (Å²) in [7, 11) is 1.31. The lowest BCUT2D eigenvalue weighted by molar-refractivity contribution is 0.0594. The van der Waals surface area contributed by atoms with Gasteiger partial charge in [0.25, 0.3) is 0 Å². The number of nitrogens with zero attached hydrogens (tertiary/aromatic N) is 2. The lowest BCUT2D eigenvalue weighted by atomic mass is 10.2. The molecule has 1 heterocycles. The van der Waals surface area contributed by atoms with E-state index in [9.17, 15) is 4.79 Å². The zero-order valence-electron chi connectivity index (χ0n) is 8.82. The second-order valence-corrected chi connectivity index (χ2v) is 3.69. The molecule has 4 nitrogen and oxygen atoms in total. The van der Waals surface area contributed by atoms with Gasteiger partial charge in [0.1, 0.15) is 0 Å². The third kappa shape index (κ3) is 1.72. The van der Waals surface area contributed by atoms with Gasteiger partial charge in [0.15, 0.2) is 5.69 Å². The van der Waals surface area contributed by atoms with Crippen molar-refractivity contribution in [3.8, 4) is 0 Å². The minimum atomic E-state index is -0.498. The number of halogens is 1. The number of fused-ring (bicyclic) bond motifs is 1. The molecule has 0 saturated carbocycles. The Hall–Kier alpha value is -1.68. The molecule has 0 amide bonds. The largest absolute Gasteiger partial charge is 0.464 e. The van der Waals surface area contributed by atoms with Gasteiger partial charge in [0.2, 0.25) is 0 Å². The Kier molecular flexibility index (Phi) is 2.75. The average Bonchev–Trinajstić information content (AvgIpc) is 2.32. The summed E-state index contributed by atoms with van der Waals surface area (Å²) < 4.78 is 4.57. The molecule has 0 unspecified atom stereocenters. The second-order valence-electron chi connectivity index (χ2n) is 3.29. The van der Waals surface area contributed by atoms with E-state index < -0.39 is 5.97 Å². The fraction of sp³-hybridized carbons (Fsp3) is 0.182. The van der Waals surface area contributed by atoms with Crippen molar-refractivity contribution >= 4 is 28.6 Å². The lowest BCUT2D eigenvalue weighted by Crippen LogP contribution is -2.05. The highest BCUT2D eigenvalue weighted by Gasteiger charge is 2.10. The van der Waals surface area contributed by atoms with Crippen LogP contribution < -0.4 is 0 Å². The molecule has 0 aliphatic carbocycles. The Balaban J connectivity index is 2.65. The van der Waals surface area contributed by atoms with Crippen LogP contribution in [0.15, 0.2) is 18.3 Å². The highest BCUT2D eigenvalue weighted by Crippen LogP contribution is 2.22. The Morgan fingerprint density at radius 2 is 2.19 bits per heavy atom. The van der Waals surface area contributed by atoms with E-state index in [1.807, 2.05) is 6.92 Å². The van der Waals surface area contributed by atoms with E-state index in [1.165, 1.54) is 13.3 Å². The molecule has 0 atom stereocenters. The molecule has 2 rings (SSSR count). The highest BCUT2D eigenvalue weighted by molar-refractivity contribution is 6.32. The number of ether oxygens (including phenoxy) is 1. The molecule has 0 radical (unpaired) electrons. The summed E-state index contributed by atoms with van der Waals surface area (Å²) in [5.74, 6) is -0.498. The van der Waals surface area contributed by atoms with E-state index in [0.717, 1.165) is 5.56 Å². The summed E-state index contributed by atoms with van der Waals surface area (Å²) in [4.78, 5) is 19.6. The molecular weight excluding hydrogens is 228 g/mol. The maximum Gasteiger partial charge on any atom is 0.358 e. The number of esters is 1. The number of rotatable bonds is 1. The first-order valence-corrected chi connectivity index (χ1v) is 5.01. The standard InChI is InChI=1S/C11H9ClN2O2/c1-6-7(12)3-4-8-10(6)13-5-9(14-8)11(15)16-2/h3-5H,1-2H3. The van der Waals surface area contributed by atoms with Crippen LogP contribution in [0.1, 0.15) is 16.1 Å². The molecule has 0 aliphatic rings. The van der Waals surface area contributed by atoms with Gasteiger partial charge in [-0.25, -0.2) is 9.78 Å². The molecule has 5 heteroatoms. The number of methoxy groups -OCH3 is 1. The third-order valence-electron chi connectivity index (χ3n) is 2.29. The Labute approximate surface area is 97.2 Å². The zero-order chi connectivity index (χ0) is 11.7. The van der Waals surface area contributed by atoms with E-state index in [0.29, 0.717) is 16.1 Å². The SMILES string of the molecule is COC(=O)c1cnc2c(C)c(Cl)ccc2n1. The molecule has 1 aromatic carbocycles. The number of carbonyl (C=O) groups excluding carboxylic acids is 1. The van der Waals surface area contributed by atoms with E-state index in [1.54, 1.807) is 12.1 Å². The van der Waals surface area contributed by atoms with Crippen molar-refractivity contribution in [1.82, 2.24) is 9.97 Å². The number of hydrogen-bond acceptors (Lipinski definition) is 4. The summed E-state index contributed by atoms with van der Waals surface area (Å²) >= 11 is 5.96. The first kappa shape index (κ1) is 10.8. The fourth-order valence-electron chi connectivity index (χ4n) is 1.40. The van der Waals surface area contributed by atoms with Crippen molar-refractivity contribution in [2.45, 2.75) is 6.92 Å². The van der Waals surface area contributed by atoms with Crippen molar-refractivity contribution in [3.63, 3.8) is 0 Å². The summed E-state index contributed by atoms with van der Waals surface area (Å²) in [5, 5.41) is 0.632. The number of carbonyl (C=O) groups is 1. The van der Waals surface area contributed by atoms with Gasteiger partial charge in [-0.05, 0) is 24.6 Å². The molecule has 0 aliphatic heterocycles. The van der Waals surface area contributed by atoms with Crippen LogP contribution in [0.2, 0.25) is 5.02 Å². The average molecular weight is 237 g/mol. The number of benzene rings is 1. The predicted molar refractivity (Wildman–Crippen MR) is 60.6 cm³/mol. The van der Waals surface area contributed by atoms with Crippen molar-refractivity contribution < 1.29 is 9.53 Å². The van der Waals surface area contributed by atoms with Crippen LogP contribution in [0, 0.1) is 6.92 Å². The number of aromatic nitrogens is 2. The van der Waals surface area contributed by atoms with Crippen LogP contribution in [-0.2, 0) is 4.74 Å². The molecule has 82 valence electrons. The lowest BCUT2D eigenvalue weighted by Gasteiger charge is -2.04. The minimum Gasteiger partial charge on any atom is -0.464 e. The maximum absolute atomic E-state index is 11.3.